The van der Waals surface area contributed by atoms with Gasteiger partial charge in [0.15, 0.2) is 0 Å². The Bertz CT molecular complexity index is 1950. The second kappa shape index (κ2) is 7.55. The molecule has 0 aliphatic rings. The van der Waals surface area contributed by atoms with E-state index in [2.05, 4.69) is 0 Å². The topological polar surface area (TPSA) is 78.1 Å². The summed E-state index contributed by atoms with van der Waals surface area (Å²) < 4.78 is 5.72. The molecular formula is C28H14N2O4S2. The van der Waals surface area contributed by atoms with E-state index >= 15 is 0 Å². The molecule has 0 amide bonds. The van der Waals surface area contributed by atoms with Crippen LogP contribution in [0, 0.1) is 0 Å². The van der Waals surface area contributed by atoms with Crippen molar-refractivity contribution in [3.8, 4) is 11.4 Å². The summed E-state index contributed by atoms with van der Waals surface area (Å²) >= 11 is 2.86. The molecular weight excluding hydrogens is 492 g/mol. The standard InChI is InChI=1S/C28H14N2O4S2/c31-25-17-11-21-22(12-18(17)26(32)29(25)15-7-3-1-4-8-15)36-24-14-20-19(13-23(24)35-21)27(33)30(28(20)34)16-9-5-2-6-10-16/h1-14H. The average molecular weight is 507 g/mol. The monoisotopic (exact) mass is 506 g/mol. The van der Waals surface area contributed by atoms with Crippen LogP contribution in [0.2, 0.25) is 0 Å². The molecule has 0 spiro atoms. The minimum atomic E-state index is -0.353. The Morgan fingerprint density at radius 2 is 0.694 bits per heavy atom. The van der Waals surface area contributed by atoms with E-state index in [0.29, 0.717) is 32.9 Å². The highest BCUT2D eigenvalue weighted by molar-refractivity contribution is 7.36. The summed E-state index contributed by atoms with van der Waals surface area (Å²) in [6.07, 6.45) is 0. The molecule has 0 saturated carbocycles. The molecule has 0 fully saturated rings. The van der Waals surface area contributed by atoms with E-state index in [1.165, 1.54) is 31.8 Å². The van der Waals surface area contributed by atoms with Crippen molar-refractivity contribution >= 4 is 63.0 Å². The van der Waals surface area contributed by atoms with Crippen LogP contribution >= 0.6 is 22.7 Å². The largest absolute Gasteiger partial charge is 0.268 e. The third-order valence-electron chi connectivity index (χ3n) is 6.37. The Labute approximate surface area is 209 Å². The first-order chi connectivity index (χ1) is 17.5. The normalized spacial score (nSPS) is 11.8. The van der Waals surface area contributed by atoms with Gasteiger partial charge in [-0.25, -0.2) is 9.13 Å². The van der Waals surface area contributed by atoms with Gasteiger partial charge in [-0.05, 0) is 48.5 Å². The number of fused-ring (bicyclic) bond motifs is 4. The number of nitrogens with zero attached hydrogens (tertiary/aromatic N) is 2. The smallest absolute Gasteiger partial charge is 0.266 e. The molecule has 0 radical (unpaired) electrons. The molecule has 6 nitrogen and oxygen atoms in total. The highest BCUT2D eigenvalue weighted by Crippen LogP contribution is 2.36. The molecule has 4 aromatic carbocycles. The van der Waals surface area contributed by atoms with E-state index in [9.17, 15) is 19.2 Å². The Morgan fingerprint density at radius 3 is 0.972 bits per heavy atom. The summed E-state index contributed by atoms with van der Waals surface area (Å²) in [6.45, 7) is 0. The molecule has 0 N–H and O–H groups in total. The predicted octanol–water partition coefficient (Wildman–Crippen LogP) is 4.88. The van der Waals surface area contributed by atoms with Crippen molar-refractivity contribution in [3.63, 3.8) is 0 Å². The van der Waals surface area contributed by atoms with E-state index < -0.39 is 0 Å². The number of rotatable bonds is 2. The fourth-order valence-electron chi connectivity index (χ4n) is 4.67. The van der Waals surface area contributed by atoms with Crippen molar-refractivity contribution in [2.45, 2.75) is 0 Å². The molecule has 7 rings (SSSR count). The lowest BCUT2D eigenvalue weighted by molar-refractivity contribution is 0.991. The molecule has 0 bridgehead atoms. The third-order valence-corrected chi connectivity index (χ3v) is 8.86. The van der Waals surface area contributed by atoms with Gasteiger partial charge in [0, 0.05) is 18.8 Å². The maximum Gasteiger partial charge on any atom is 0.266 e. The summed E-state index contributed by atoms with van der Waals surface area (Å²) in [6, 6.07) is 24.7. The second-order valence-electron chi connectivity index (χ2n) is 8.46. The van der Waals surface area contributed by atoms with Gasteiger partial charge in [-0.15, -0.1) is 22.7 Å². The van der Waals surface area contributed by atoms with Crippen molar-refractivity contribution in [1.82, 2.24) is 9.13 Å². The molecule has 172 valence electrons. The number of benzene rings is 4. The average Bonchev–Trinajstić information content (AvgIpc) is 3.29. The Kier molecular flexibility index (Phi) is 4.39. The van der Waals surface area contributed by atoms with Crippen LogP contribution < -0.4 is 22.2 Å². The fraction of sp³-hybridized carbons (Fsp3) is 0. The van der Waals surface area contributed by atoms with Crippen molar-refractivity contribution in [2.24, 2.45) is 0 Å². The summed E-state index contributed by atoms with van der Waals surface area (Å²) in [5, 5.41) is 1.45. The van der Waals surface area contributed by atoms with Crippen LogP contribution in [0.4, 0.5) is 0 Å². The van der Waals surface area contributed by atoms with Gasteiger partial charge in [-0.3, -0.25) is 19.2 Å². The number of hydrogen-bond donors (Lipinski definition) is 0. The van der Waals surface area contributed by atoms with Gasteiger partial charge in [-0.1, -0.05) is 36.4 Å². The predicted molar refractivity (Wildman–Crippen MR) is 147 cm³/mol. The lowest BCUT2D eigenvalue weighted by atomic mass is 10.2. The van der Waals surface area contributed by atoms with Crippen molar-refractivity contribution in [1.29, 1.82) is 0 Å². The molecule has 3 aromatic heterocycles. The zero-order valence-corrected chi connectivity index (χ0v) is 20.1. The molecule has 0 aliphatic carbocycles. The zero-order chi connectivity index (χ0) is 24.6. The van der Waals surface area contributed by atoms with E-state index in [0.717, 1.165) is 18.8 Å². The molecule has 3 heterocycles. The van der Waals surface area contributed by atoms with E-state index in [-0.39, 0.29) is 22.2 Å². The lowest BCUT2D eigenvalue weighted by Crippen LogP contribution is -2.23. The van der Waals surface area contributed by atoms with Crippen LogP contribution in [0.5, 0.6) is 0 Å². The Hall–Kier alpha value is -4.40. The molecule has 0 saturated heterocycles. The van der Waals surface area contributed by atoms with E-state index in [1.807, 2.05) is 12.1 Å². The van der Waals surface area contributed by atoms with Gasteiger partial charge in [-0.2, -0.15) is 0 Å². The molecule has 7 aromatic rings. The van der Waals surface area contributed by atoms with Gasteiger partial charge in [0.05, 0.1) is 32.9 Å². The maximum absolute atomic E-state index is 13.1. The number of hydrogen-bond acceptors (Lipinski definition) is 6. The minimum absolute atomic E-state index is 0.353. The van der Waals surface area contributed by atoms with Gasteiger partial charge < -0.3 is 0 Å². The molecule has 0 aliphatic heterocycles. The summed E-state index contributed by atoms with van der Waals surface area (Å²) in [5.74, 6) is 0. The summed E-state index contributed by atoms with van der Waals surface area (Å²) in [5.41, 5.74) is -0.354. The molecule has 0 atom stereocenters. The number of para-hydroxylation sites is 2. The van der Waals surface area contributed by atoms with Crippen LogP contribution in [0.15, 0.2) is 104 Å². The quantitative estimate of drug-likeness (QED) is 0.313. The highest BCUT2D eigenvalue weighted by atomic mass is 32.1. The Morgan fingerprint density at radius 1 is 0.417 bits per heavy atom. The van der Waals surface area contributed by atoms with Gasteiger partial charge in [0.1, 0.15) is 0 Å². The number of aromatic nitrogens is 2. The van der Waals surface area contributed by atoms with Gasteiger partial charge in [0.2, 0.25) is 0 Å². The SMILES string of the molecule is O=c1c2cc3sc4cc5c(=O)n(-c6ccccc6)c(=O)c5cc4sc3cc2c(=O)n1-c1ccccc1. The van der Waals surface area contributed by atoms with Crippen molar-refractivity contribution in [3.05, 3.63) is 126 Å². The van der Waals surface area contributed by atoms with Crippen LogP contribution in [-0.4, -0.2) is 9.13 Å². The van der Waals surface area contributed by atoms with Gasteiger partial charge in [0.25, 0.3) is 22.2 Å². The minimum Gasteiger partial charge on any atom is -0.268 e. The van der Waals surface area contributed by atoms with Crippen molar-refractivity contribution in [2.75, 3.05) is 0 Å². The first-order valence-corrected chi connectivity index (χ1v) is 12.7. The van der Waals surface area contributed by atoms with Crippen LogP contribution in [0.3, 0.4) is 0 Å². The highest BCUT2D eigenvalue weighted by Gasteiger charge is 2.18. The van der Waals surface area contributed by atoms with Crippen LogP contribution in [-0.2, 0) is 0 Å². The zero-order valence-electron chi connectivity index (χ0n) is 18.4. The first-order valence-electron chi connectivity index (χ1n) is 11.1. The molecule has 0 unspecified atom stereocenters. The lowest BCUT2D eigenvalue weighted by Gasteiger charge is -2.01. The molecule has 8 heteroatoms. The van der Waals surface area contributed by atoms with E-state index in [1.54, 1.807) is 72.8 Å². The first kappa shape index (κ1) is 20.9. The van der Waals surface area contributed by atoms with Gasteiger partial charge >= 0.3 is 0 Å². The third kappa shape index (κ3) is 2.89. The van der Waals surface area contributed by atoms with Crippen LogP contribution in [0.25, 0.3) is 51.7 Å². The molecule has 36 heavy (non-hydrogen) atoms. The van der Waals surface area contributed by atoms with Crippen molar-refractivity contribution < 1.29 is 0 Å². The second-order valence-corrected chi connectivity index (χ2v) is 10.6. The maximum atomic E-state index is 13.1. The summed E-state index contributed by atoms with van der Waals surface area (Å²) in [7, 11) is 0. The summed E-state index contributed by atoms with van der Waals surface area (Å²) in [4.78, 5) is 52.6. The van der Waals surface area contributed by atoms with Crippen LogP contribution in [0.1, 0.15) is 0 Å². The fourth-order valence-corrected chi connectivity index (χ4v) is 6.99. The Balaban J connectivity index is 1.51. The van der Waals surface area contributed by atoms with E-state index in [4.69, 9.17) is 0 Å².